The molecule has 1 amide bonds. The van der Waals surface area contributed by atoms with Gasteiger partial charge in [0.2, 0.25) is 11.8 Å². The van der Waals surface area contributed by atoms with Gasteiger partial charge in [0.1, 0.15) is 0 Å². The summed E-state index contributed by atoms with van der Waals surface area (Å²) in [6.45, 7) is 1.85. The minimum Gasteiger partial charge on any atom is -0.411 e. The van der Waals surface area contributed by atoms with Gasteiger partial charge in [-0.15, -0.1) is 10.2 Å². The molecule has 1 aliphatic carbocycles. The van der Waals surface area contributed by atoms with Crippen molar-refractivity contribution in [3.63, 3.8) is 0 Å². The van der Waals surface area contributed by atoms with E-state index in [1.54, 1.807) is 12.1 Å². The Morgan fingerprint density at radius 3 is 2.82 bits per heavy atom. The number of amides is 1. The van der Waals surface area contributed by atoms with Gasteiger partial charge in [-0.2, -0.15) is 0 Å². The van der Waals surface area contributed by atoms with Crippen molar-refractivity contribution in [3.8, 4) is 11.5 Å². The van der Waals surface area contributed by atoms with Crippen LogP contribution in [0.15, 0.2) is 58.2 Å². The lowest BCUT2D eigenvalue weighted by atomic mass is 9.88. The molecule has 0 radical (unpaired) electrons. The Hall–Kier alpha value is -2.31. The minimum atomic E-state index is -0.340. The number of hydrogen-bond donors (Lipinski definition) is 1. The molecule has 2 atom stereocenters. The van der Waals surface area contributed by atoms with E-state index in [4.69, 9.17) is 16.0 Å². The van der Waals surface area contributed by atoms with E-state index in [-0.39, 0.29) is 17.2 Å². The molecule has 0 spiro atoms. The molecule has 1 aliphatic rings. The minimum absolute atomic E-state index is 0.0297. The lowest BCUT2D eigenvalue weighted by molar-refractivity contribution is -0.121. The van der Waals surface area contributed by atoms with E-state index in [0.717, 1.165) is 24.8 Å². The van der Waals surface area contributed by atoms with Gasteiger partial charge in [-0.25, -0.2) is 0 Å². The zero-order chi connectivity index (χ0) is 19.5. The summed E-state index contributed by atoms with van der Waals surface area (Å²) in [5.74, 6) is 0.380. The van der Waals surface area contributed by atoms with Gasteiger partial charge in [-0.05, 0) is 61.6 Å². The fraction of sp³-hybridized carbons (Fsp3) is 0.286. The third kappa shape index (κ3) is 4.23. The molecule has 1 heterocycles. The second-order valence-electron chi connectivity index (χ2n) is 6.79. The van der Waals surface area contributed by atoms with E-state index in [9.17, 15) is 4.79 Å². The average molecular weight is 414 g/mol. The average Bonchev–Trinajstić information content (AvgIpc) is 3.17. The summed E-state index contributed by atoms with van der Waals surface area (Å²) in [7, 11) is 0. The summed E-state index contributed by atoms with van der Waals surface area (Å²) >= 11 is 7.17. The Morgan fingerprint density at radius 2 is 2.00 bits per heavy atom. The van der Waals surface area contributed by atoms with Crippen LogP contribution >= 0.6 is 23.4 Å². The zero-order valence-electron chi connectivity index (χ0n) is 15.4. The van der Waals surface area contributed by atoms with Gasteiger partial charge in [0.05, 0.1) is 11.3 Å². The highest BCUT2D eigenvalue weighted by atomic mass is 35.5. The number of aromatic nitrogens is 2. The summed E-state index contributed by atoms with van der Waals surface area (Å²) < 4.78 is 5.69. The fourth-order valence-corrected chi connectivity index (χ4v) is 4.18. The van der Waals surface area contributed by atoms with Crippen molar-refractivity contribution in [2.24, 2.45) is 0 Å². The SMILES string of the molecule is C[C@@H](Sc1nnc(-c2ccc(Cl)cc2)o1)C(=O)N[C@@H]1CCCc2ccccc21. The van der Waals surface area contributed by atoms with Crippen LogP contribution in [-0.2, 0) is 11.2 Å². The first-order chi connectivity index (χ1) is 13.6. The molecule has 3 aromatic rings. The topological polar surface area (TPSA) is 68.0 Å². The lowest BCUT2D eigenvalue weighted by Gasteiger charge is -2.27. The first kappa shape index (κ1) is 19.0. The molecule has 4 rings (SSSR count). The van der Waals surface area contributed by atoms with E-state index in [1.807, 2.05) is 25.1 Å². The van der Waals surface area contributed by atoms with Crippen LogP contribution in [0.2, 0.25) is 5.02 Å². The molecule has 144 valence electrons. The summed E-state index contributed by atoms with van der Waals surface area (Å²) in [5, 5.41) is 12.0. The van der Waals surface area contributed by atoms with Gasteiger partial charge in [0.25, 0.3) is 5.22 Å². The maximum absolute atomic E-state index is 12.7. The summed E-state index contributed by atoms with van der Waals surface area (Å²) in [4.78, 5) is 12.7. The molecule has 7 heteroatoms. The number of carbonyl (C=O) groups is 1. The molecule has 0 unspecified atom stereocenters. The van der Waals surface area contributed by atoms with E-state index < -0.39 is 0 Å². The normalized spacial score (nSPS) is 17.0. The van der Waals surface area contributed by atoms with Crippen LogP contribution in [0.25, 0.3) is 11.5 Å². The number of thioether (sulfide) groups is 1. The quantitative estimate of drug-likeness (QED) is 0.592. The molecule has 2 aromatic carbocycles. The predicted octanol–water partition coefficient (Wildman–Crippen LogP) is 5.06. The first-order valence-corrected chi connectivity index (χ1v) is 10.5. The number of hydrogen-bond acceptors (Lipinski definition) is 5. The Bertz CT molecular complexity index is 974. The Balaban J connectivity index is 1.40. The molecule has 5 nitrogen and oxygen atoms in total. The first-order valence-electron chi connectivity index (χ1n) is 9.24. The number of benzene rings is 2. The number of nitrogens with zero attached hydrogens (tertiary/aromatic N) is 2. The molecule has 0 fully saturated rings. The Morgan fingerprint density at radius 1 is 1.21 bits per heavy atom. The van der Waals surface area contributed by atoms with Crippen molar-refractivity contribution in [2.45, 2.75) is 42.7 Å². The van der Waals surface area contributed by atoms with Crippen LogP contribution in [0, 0.1) is 0 Å². The third-order valence-electron chi connectivity index (χ3n) is 4.83. The summed E-state index contributed by atoms with van der Waals surface area (Å²) in [5.41, 5.74) is 3.34. The van der Waals surface area contributed by atoms with Crippen molar-refractivity contribution < 1.29 is 9.21 Å². The monoisotopic (exact) mass is 413 g/mol. The molecule has 0 saturated heterocycles. The van der Waals surface area contributed by atoms with Crippen molar-refractivity contribution in [1.82, 2.24) is 15.5 Å². The lowest BCUT2D eigenvalue weighted by Crippen LogP contribution is -2.35. The number of nitrogens with one attached hydrogen (secondary N) is 1. The highest BCUT2D eigenvalue weighted by Gasteiger charge is 2.25. The van der Waals surface area contributed by atoms with Crippen LogP contribution in [0.4, 0.5) is 0 Å². The van der Waals surface area contributed by atoms with Crippen molar-refractivity contribution in [3.05, 3.63) is 64.7 Å². The van der Waals surface area contributed by atoms with E-state index in [1.165, 1.54) is 22.9 Å². The van der Waals surface area contributed by atoms with Crippen LogP contribution in [0.5, 0.6) is 0 Å². The zero-order valence-corrected chi connectivity index (χ0v) is 17.0. The molecule has 28 heavy (non-hydrogen) atoms. The highest BCUT2D eigenvalue weighted by molar-refractivity contribution is 8.00. The van der Waals surface area contributed by atoms with Gasteiger partial charge in [0, 0.05) is 10.6 Å². The Labute approximate surface area is 172 Å². The maximum Gasteiger partial charge on any atom is 0.277 e. The molecule has 0 bridgehead atoms. The summed E-state index contributed by atoms with van der Waals surface area (Å²) in [6, 6.07) is 15.6. The second-order valence-corrected chi connectivity index (χ2v) is 8.52. The van der Waals surface area contributed by atoms with Gasteiger partial charge in [0.15, 0.2) is 0 Å². The van der Waals surface area contributed by atoms with Gasteiger partial charge >= 0.3 is 0 Å². The summed E-state index contributed by atoms with van der Waals surface area (Å²) in [6.07, 6.45) is 3.11. The van der Waals surface area contributed by atoms with E-state index in [0.29, 0.717) is 16.1 Å². The smallest absolute Gasteiger partial charge is 0.277 e. The van der Waals surface area contributed by atoms with Crippen LogP contribution in [0.1, 0.15) is 36.9 Å². The van der Waals surface area contributed by atoms with Gasteiger partial charge in [-0.3, -0.25) is 4.79 Å². The fourth-order valence-electron chi connectivity index (χ4n) is 3.36. The molecule has 0 aliphatic heterocycles. The van der Waals surface area contributed by atoms with Gasteiger partial charge in [-0.1, -0.05) is 47.6 Å². The van der Waals surface area contributed by atoms with E-state index >= 15 is 0 Å². The maximum atomic E-state index is 12.7. The molecule has 0 saturated carbocycles. The number of fused-ring (bicyclic) bond motifs is 1. The predicted molar refractivity (Wildman–Crippen MR) is 110 cm³/mol. The van der Waals surface area contributed by atoms with Gasteiger partial charge < -0.3 is 9.73 Å². The largest absolute Gasteiger partial charge is 0.411 e. The Kier molecular flexibility index (Phi) is 5.69. The number of carbonyl (C=O) groups excluding carboxylic acids is 1. The number of halogens is 1. The third-order valence-corrected chi connectivity index (χ3v) is 6.02. The van der Waals surface area contributed by atoms with Crippen LogP contribution in [0.3, 0.4) is 0 Å². The van der Waals surface area contributed by atoms with Crippen molar-refractivity contribution in [2.75, 3.05) is 0 Å². The highest BCUT2D eigenvalue weighted by Crippen LogP contribution is 2.31. The molecular weight excluding hydrogens is 394 g/mol. The van der Waals surface area contributed by atoms with Crippen LogP contribution < -0.4 is 5.32 Å². The van der Waals surface area contributed by atoms with Crippen molar-refractivity contribution >= 4 is 29.3 Å². The van der Waals surface area contributed by atoms with E-state index in [2.05, 4.69) is 33.7 Å². The molecule has 1 aromatic heterocycles. The standard InChI is InChI=1S/C21H20ClN3O2S/c1-13(19(26)23-18-8-4-6-14-5-2-3-7-17(14)18)28-21-25-24-20(27-21)15-9-11-16(22)12-10-15/h2-3,5,7,9-13,18H,4,6,8H2,1H3,(H,23,26)/t13-,18-/m1/s1. The second kappa shape index (κ2) is 8.37. The van der Waals surface area contributed by atoms with Crippen LogP contribution in [-0.4, -0.2) is 21.4 Å². The number of rotatable bonds is 5. The molecule has 1 N–H and O–H groups in total. The molecular formula is C21H20ClN3O2S. The van der Waals surface area contributed by atoms with Crippen molar-refractivity contribution in [1.29, 1.82) is 0 Å². The number of aryl methyl sites for hydroxylation is 1.